The van der Waals surface area contributed by atoms with E-state index in [0.29, 0.717) is 11.4 Å². The standard InChI is InChI=1S/C20H26N4O2S/c1-13(2)24-12-18(19(22-24)20(4,5)6)27(25,26)23-17-11-14(3)21-16-10-8-7-9-15(16)17/h7-13H,1-6H3,(H,21,23). The molecule has 2 heterocycles. The first kappa shape index (κ1) is 19.4. The number of nitrogens with zero attached hydrogens (tertiary/aromatic N) is 3. The van der Waals surface area contributed by atoms with Gasteiger partial charge in [0, 0.05) is 28.7 Å². The topological polar surface area (TPSA) is 76.9 Å². The molecule has 3 rings (SSSR count). The van der Waals surface area contributed by atoms with Crippen LogP contribution in [0.5, 0.6) is 0 Å². The second-order valence-electron chi connectivity index (χ2n) is 8.10. The molecular formula is C20H26N4O2S. The molecule has 0 atom stereocenters. The largest absolute Gasteiger partial charge is 0.279 e. The van der Waals surface area contributed by atoms with Gasteiger partial charge in [-0.3, -0.25) is 14.4 Å². The summed E-state index contributed by atoms with van der Waals surface area (Å²) in [5.41, 5.74) is 2.18. The average molecular weight is 387 g/mol. The Morgan fingerprint density at radius 2 is 1.81 bits per heavy atom. The summed E-state index contributed by atoms with van der Waals surface area (Å²) in [6.07, 6.45) is 1.61. The van der Waals surface area contributed by atoms with Crippen LogP contribution < -0.4 is 4.72 Å². The van der Waals surface area contributed by atoms with Crippen LogP contribution in [0.1, 0.15) is 52.0 Å². The Labute approximate surface area is 160 Å². The minimum atomic E-state index is -3.81. The normalized spacial score (nSPS) is 12.7. The fourth-order valence-electron chi connectivity index (χ4n) is 2.95. The predicted octanol–water partition coefficient (Wildman–Crippen LogP) is 4.42. The molecule has 7 heteroatoms. The van der Waals surface area contributed by atoms with Gasteiger partial charge >= 0.3 is 0 Å². The number of hydrogen-bond acceptors (Lipinski definition) is 4. The van der Waals surface area contributed by atoms with Crippen molar-refractivity contribution in [3.63, 3.8) is 0 Å². The van der Waals surface area contributed by atoms with Crippen molar-refractivity contribution < 1.29 is 8.42 Å². The van der Waals surface area contributed by atoms with E-state index in [2.05, 4.69) is 14.8 Å². The predicted molar refractivity (Wildman–Crippen MR) is 109 cm³/mol. The number of rotatable bonds is 4. The van der Waals surface area contributed by atoms with Gasteiger partial charge in [0.25, 0.3) is 10.0 Å². The van der Waals surface area contributed by atoms with Crippen molar-refractivity contribution >= 4 is 26.6 Å². The van der Waals surface area contributed by atoms with Crippen LogP contribution in [0.2, 0.25) is 0 Å². The van der Waals surface area contributed by atoms with Gasteiger partial charge in [-0.15, -0.1) is 0 Å². The van der Waals surface area contributed by atoms with E-state index in [1.807, 2.05) is 65.8 Å². The molecule has 0 bridgehead atoms. The first-order valence-corrected chi connectivity index (χ1v) is 10.5. The van der Waals surface area contributed by atoms with E-state index in [1.165, 1.54) is 0 Å². The summed E-state index contributed by atoms with van der Waals surface area (Å²) in [4.78, 5) is 4.68. The van der Waals surface area contributed by atoms with E-state index in [0.717, 1.165) is 16.6 Å². The molecule has 144 valence electrons. The molecule has 0 aliphatic carbocycles. The number of fused-ring (bicyclic) bond motifs is 1. The quantitative estimate of drug-likeness (QED) is 0.720. The highest BCUT2D eigenvalue weighted by molar-refractivity contribution is 7.92. The highest BCUT2D eigenvalue weighted by Crippen LogP contribution is 2.31. The fraction of sp³-hybridized carbons (Fsp3) is 0.400. The van der Waals surface area contributed by atoms with Crippen molar-refractivity contribution in [2.45, 2.75) is 57.9 Å². The molecule has 0 aliphatic rings. The van der Waals surface area contributed by atoms with Gasteiger partial charge in [-0.25, -0.2) is 8.42 Å². The van der Waals surface area contributed by atoms with Gasteiger partial charge in [0.05, 0.1) is 16.9 Å². The van der Waals surface area contributed by atoms with Crippen molar-refractivity contribution in [3.05, 3.63) is 47.9 Å². The average Bonchev–Trinajstić information content (AvgIpc) is 3.01. The molecule has 0 unspecified atom stereocenters. The third-order valence-corrected chi connectivity index (χ3v) is 5.68. The SMILES string of the molecule is Cc1cc(NS(=O)(=O)c2cn(C(C)C)nc2C(C)(C)C)c2ccccc2n1. The molecule has 0 amide bonds. The second-order valence-corrected chi connectivity index (χ2v) is 9.75. The molecule has 0 fully saturated rings. The minimum absolute atomic E-state index is 0.0686. The van der Waals surface area contributed by atoms with Gasteiger partial charge in [0.1, 0.15) is 4.90 Å². The van der Waals surface area contributed by atoms with Crippen LogP contribution in [0, 0.1) is 6.92 Å². The third kappa shape index (κ3) is 3.83. The lowest BCUT2D eigenvalue weighted by Gasteiger charge is -2.18. The molecule has 0 spiro atoms. The smallest absolute Gasteiger partial charge is 0.265 e. The van der Waals surface area contributed by atoms with E-state index in [1.54, 1.807) is 16.9 Å². The number of aromatic nitrogens is 3. The number of sulfonamides is 1. The first-order chi connectivity index (χ1) is 12.5. The minimum Gasteiger partial charge on any atom is -0.279 e. The molecule has 0 saturated heterocycles. The summed E-state index contributed by atoms with van der Waals surface area (Å²) in [7, 11) is -3.81. The maximum Gasteiger partial charge on any atom is 0.265 e. The fourth-order valence-corrected chi connectivity index (χ4v) is 4.36. The lowest BCUT2D eigenvalue weighted by molar-refractivity contribution is 0.493. The Hall–Kier alpha value is -2.41. The summed E-state index contributed by atoms with van der Waals surface area (Å²) in [6, 6.07) is 9.31. The van der Waals surface area contributed by atoms with Crippen LogP contribution >= 0.6 is 0 Å². The second kappa shape index (κ2) is 6.64. The van der Waals surface area contributed by atoms with Crippen LogP contribution in [0.15, 0.2) is 41.4 Å². The lowest BCUT2D eigenvalue weighted by Crippen LogP contribution is -2.20. The van der Waals surface area contributed by atoms with E-state index < -0.39 is 15.4 Å². The van der Waals surface area contributed by atoms with E-state index in [4.69, 9.17) is 0 Å². The van der Waals surface area contributed by atoms with Crippen LogP contribution in [-0.2, 0) is 15.4 Å². The number of para-hydroxylation sites is 1. The van der Waals surface area contributed by atoms with Crippen molar-refractivity contribution in [2.24, 2.45) is 0 Å². The van der Waals surface area contributed by atoms with Crippen LogP contribution in [-0.4, -0.2) is 23.2 Å². The van der Waals surface area contributed by atoms with Gasteiger partial charge in [0.2, 0.25) is 0 Å². The van der Waals surface area contributed by atoms with Gasteiger partial charge in [-0.1, -0.05) is 39.0 Å². The van der Waals surface area contributed by atoms with Crippen molar-refractivity contribution in [2.75, 3.05) is 4.72 Å². The number of pyridine rings is 1. The molecule has 0 saturated carbocycles. The van der Waals surface area contributed by atoms with Gasteiger partial charge in [-0.05, 0) is 32.9 Å². The van der Waals surface area contributed by atoms with Gasteiger partial charge < -0.3 is 0 Å². The maximum absolute atomic E-state index is 13.3. The molecule has 27 heavy (non-hydrogen) atoms. The number of anilines is 1. The molecule has 1 aromatic carbocycles. The molecule has 1 N–H and O–H groups in total. The highest BCUT2D eigenvalue weighted by atomic mass is 32.2. The Kier molecular flexibility index (Phi) is 4.76. The van der Waals surface area contributed by atoms with Crippen LogP contribution in [0.4, 0.5) is 5.69 Å². The number of benzene rings is 1. The Morgan fingerprint density at radius 3 is 2.44 bits per heavy atom. The number of nitrogens with one attached hydrogen (secondary N) is 1. The van der Waals surface area contributed by atoms with E-state index in [-0.39, 0.29) is 10.9 Å². The summed E-state index contributed by atoms with van der Waals surface area (Å²) in [6.45, 7) is 11.7. The molecule has 3 aromatic rings. The lowest BCUT2D eigenvalue weighted by atomic mass is 9.92. The van der Waals surface area contributed by atoms with Crippen molar-refractivity contribution in [3.8, 4) is 0 Å². The molecule has 0 radical (unpaired) electrons. The molecular weight excluding hydrogens is 360 g/mol. The van der Waals surface area contributed by atoms with E-state index >= 15 is 0 Å². The Bertz CT molecular complexity index is 1090. The van der Waals surface area contributed by atoms with Crippen molar-refractivity contribution in [1.82, 2.24) is 14.8 Å². The molecule has 6 nitrogen and oxygen atoms in total. The third-order valence-electron chi connectivity index (χ3n) is 4.32. The zero-order chi connectivity index (χ0) is 20.0. The summed E-state index contributed by atoms with van der Waals surface area (Å²) >= 11 is 0. The Balaban J connectivity index is 2.14. The zero-order valence-electron chi connectivity index (χ0n) is 16.6. The summed E-state index contributed by atoms with van der Waals surface area (Å²) < 4.78 is 31.0. The molecule has 2 aromatic heterocycles. The number of aryl methyl sites for hydroxylation is 1. The summed E-state index contributed by atoms with van der Waals surface area (Å²) in [5.74, 6) is 0. The Morgan fingerprint density at radius 1 is 1.15 bits per heavy atom. The van der Waals surface area contributed by atoms with E-state index in [9.17, 15) is 8.42 Å². The number of hydrogen-bond donors (Lipinski definition) is 1. The van der Waals surface area contributed by atoms with Gasteiger partial charge in [0.15, 0.2) is 0 Å². The maximum atomic E-state index is 13.3. The summed E-state index contributed by atoms with van der Waals surface area (Å²) in [5, 5.41) is 5.32. The van der Waals surface area contributed by atoms with Crippen LogP contribution in [0.25, 0.3) is 10.9 Å². The van der Waals surface area contributed by atoms with Crippen molar-refractivity contribution in [1.29, 1.82) is 0 Å². The van der Waals surface area contributed by atoms with Gasteiger partial charge in [-0.2, -0.15) is 5.10 Å². The first-order valence-electron chi connectivity index (χ1n) is 8.98. The molecule has 0 aliphatic heterocycles. The zero-order valence-corrected chi connectivity index (χ0v) is 17.4. The highest BCUT2D eigenvalue weighted by Gasteiger charge is 2.30. The van der Waals surface area contributed by atoms with Crippen LogP contribution in [0.3, 0.4) is 0 Å². The monoisotopic (exact) mass is 386 g/mol.